The van der Waals surface area contributed by atoms with Crippen LogP contribution in [0.15, 0.2) is 24.8 Å². The van der Waals surface area contributed by atoms with Crippen LogP contribution in [-0.4, -0.2) is 35.4 Å². The molecule has 0 aromatic heterocycles. The Hall–Kier alpha value is -1.13. The fourth-order valence-electron chi connectivity index (χ4n) is 2.33. The maximum absolute atomic E-state index is 11.7. The molecule has 1 saturated heterocycles. The average Bonchev–Trinajstić information content (AvgIpc) is 2.33. The zero-order chi connectivity index (χ0) is 14.4. The number of nitrogens with one attached hydrogen (secondary N) is 1. The monoisotopic (exact) mass is 267 g/mol. The zero-order valence-electron chi connectivity index (χ0n) is 12.0. The van der Waals surface area contributed by atoms with E-state index < -0.39 is 6.10 Å². The number of hydrogen-bond donors (Lipinski definition) is 2. The van der Waals surface area contributed by atoms with Crippen LogP contribution in [-0.2, 0) is 9.53 Å². The van der Waals surface area contributed by atoms with E-state index in [1.54, 1.807) is 6.92 Å². The van der Waals surface area contributed by atoms with Gasteiger partial charge in [0.2, 0.25) is 5.91 Å². The number of ether oxygens (including phenoxy) is 1. The number of aliphatic hydroxyl groups is 1. The van der Waals surface area contributed by atoms with Crippen LogP contribution in [0, 0.1) is 5.92 Å². The minimum absolute atomic E-state index is 0.00921. The van der Waals surface area contributed by atoms with Crippen molar-refractivity contribution in [3.63, 3.8) is 0 Å². The van der Waals surface area contributed by atoms with E-state index in [-0.39, 0.29) is 24.2 Å². The van der Waals surface area contributed by atoms with Crippen molar-refractivity contribution in [1.82, 2.24) is 5.32 Å². The normalized spacial score (nSPS) is 33.1. The van der Waals surface area contributed by atoms with Crippen molar-refractivity contribution in [3.8, 4) is 0 Å². The molecule has 0 spiro atoms. The van der Waals surface area contributed by atoms with E-state index in [0.29, 0.717) is 5.92 Å². The van der Waals surface area contributed by atoms with Crippen molar-refractivity contribution in [2.75, 3.05) is 0 Å². The van der Waals surface area contributed by atoms with Gasteiger partial charge in [0, 0.05) is 6.08 Å². The van der Waals surface area contributed by atoms with Crippen LogP contribution >= 0.6 is 0 Å². The van der Waals surface area contributed by atoms with Gasteiger partial charge in [-0.2, -0.15) is 0 Å². The van der Waals surface area contributed by atoms with E-state index in [0.717, 1.165) is 12.8 Å². The van der Waals surface area contributed by atoms with Crippen LogP contribution in [0.1, 0.15) is 33.6 Å². The first-order valence-corrected chi connectivity index (χ1v) is 6.87. The first kappa shape index (κ1) is 15.9. The van der Waals surface area contributed by atoms with Crippen molar-refractivity contribution in [2.45, 2.75) is 58.0 Å². The fourth-order valence-corrected chi connectivity index (χ4v) is 2.33. The van der Waals surface area contributed by atoms with Crippen molar-refractivity contribution in [2.24, 2.45) is 5.92 Å². The Bertz CT molecular complexity index is 338. The third-order valence-corrected chi connectivity index (χ3v) is 3.47. The highest BCUT2D eigenvalue weighted by Crippen LogP contribution is 2.27. The lowest BCUT2D eigenvalue weighted by Gasteiger charge is -2.39. The molecule has 1 unspecified atom stereocenters. The summed E-state index contributed by atoms with van der Waals surface area (Å²) in [5, 5.41) is 12.0. The quantitative estimate of drug-likeness (QED) is 0.590. The Morgan fingerprint density at radius 3 is 2.84 bits per heavy atom. The standard InChI is InChI=1S/C15H25NO3/c1-5-6-14-10(2)9-13(12(4)19-14)16-15(18)8-7-11(3)17/h5,7-8,10-14,17H,1,6,9H2,2-4H3,(H,16,18)/b8-7-/t10-,11?,12+,13+,14-/m0/s1. The number of carbonyl (C=O) groups excluding carboxylic acids is 1. The Morgan fingerprint density at radius 1 is 1.58 bits per heavy atom. The molecule has 108 valence electrons. The fraction of sp³-hybridized carbons (Fsp3) is 0.667. The molecular weight excluding hydrogens is 242 g/mol. The Balaban J connectivity index is 2.51. The van der Waals surface area contributed by atoms with Crippen molar-refractivity contribution in [3.05, 3.63) is 24.8 Å². The van der Waals surface area contributed by atoms with E-state index in [4.69, 9.17) is 9.84 Å². The third kappa shape index (κ3) is 5.17. The highest BCUT2D eigenvalue weighted by molar-refractivity contribution is 5.87. The largest absolute Gasteiger partial charge is 0.389 e. The van der Waals surface area contributed by atoms with Crippen LogP contribution < -0.4 is 5.32 Å². The predicted molar refractivity (Wildman–Crippen MR) is 75.7 cm³/mol. The molecule has 2 N–H and O–H groups in total. The number of rotatable bonds is 5. The summed E-state index contributed by atoms with van der Waals surface area (Å²) in [6.07, 6.45) is 6.02. The van der Waals surface area contributed by atoms with E-state index in [9.17, 15) is 4.79 Å². The molecule has 1 rings (SSSR count). The van der Waals surface area contributed by atoms with Gasteiger partial charge >= 0.3 is 0 Å². The predicted octanol–water partition coefficient (Wildman–Crippen LogP) is 1.80. The first-order valence-electron chi connectivity index (χ1n) is 6.87. The Labute approximate surface area is 115 Å². The molecule has 0 bridgehead atoms. The van der Waals surface area contributed by atoms with Crippen LogP contribution in [0.4, 0.5) is 0 Å². The molecule has 0 aliphatic carbocycles. The van der Waals surface area contributed by atoms with Crippen LogP contribution in [0.25, 0.3) is 0 Å². The molecule has 1 aliphatic heterocycles. The second-order valence-electron chi connectivity index (χ2n) is 5.33. The topological polar surface area (TPSA) is 58.6 Å². The molecule has 1 amide bonds. The van der Waals surface area contributed by atoms with Crippen LogP contribution in [0.5, 0.6) is 0 Å². The van der Waals surface area contributed by atoms with Crippen molar-refractivity contribution in [1.29, 1.82) is 0 Å². The third-order valence-electron chi connectivity index (χ3n) is 3.47. The molecule has 1 fully saturated rings. The second-order valence-corrected chi connectivity index (χ2v) is 5.33. The van der Waals surface area contributed by atoms with E-state index >= 15 is 0 Å². The molecule has 5 atom stereocenters. The molecule has 0 aromatic carbocycles. The summed E-state index contributed by atoms with van der Waals surface area (Å²) < 4.78 is 5.92. The minimum atomic E-state index is -0.610. The van der Waals surface area contributed by atoms with Gasteiger partial charge in [-0.25, -0.2) is 0 Å². The summed E-state index contributed by atoms with van der Waals surface area (Å²) in [6.45, 7) is 9.46. The molecule has 19 heavy (non-hydrogen) atoms. The summed E-state index contributed by atoms with van der Waals surface area (Å²) in [5.74, 6) is 0.205. The highest BCUT2D eigenvalue weighted by atomic mass is 16.5. The minimum Gasteiger partial charge on any atom is -0.389 e. The van der Waals surface area contributed by atoms with E-state index in [2.05, 4.69) is 18.8 Å². The van der Waals surface area contributed by atoms with Crippen molar-refractivity contribution < 1.29 is 14.6 Å². The van der Waals surface area contributed by atoms with Gasteiger partial charge in [0.25, 0.3) is 0 Å². The zero-order valence-corrected chi connectivity index (χ0v) is 12.0. The smallest absolute Gasteiger partial charge is 0.244 e. The maximum Gasteiger partial charge on any atom is 0.244 e. The average molecular weight is 267 g/mol. The summed E-state index contributed by atoms with van der Waals surface area (Å²) in [7, 11) is 0. The summed E-state index contributed by atoms with van der Waals surface area (Å²) in [4.78, 5) is 11.7. The second kappa shape index (κ2) is 7.46. The molecule has 4 nitrogen and oxygen atoms in total. The lowest BCUT2D eigenvalue weighted by atomic mass is 9.88. The maximum atomic E-state index is 11.7. The van der Waals surface area contributed by atoms with Crippen molar-refractivity contribution >= 4 is 5.91 Å². The van der Waals surface area contributed by atoms with Crippen LogP contribution in [0.3, 0.4) is 0 Å². The molecule has 1 aliphatic rings. The number of hydrogen-bond acceptors (Lipinski definition) is 3. The first-order chi connectivity index (χ1) is 8.93. The lowest BCUT2D eigenvalue weighted by molar-refractivity contribution is -0.123. The van der Waals surface area contributed by atoms with Gasteiger partial charge in [0.15, 0.2) is 0 Å². The van der Waals surface area contributed by atoms with Gasteiger partial charge in [-0.1, -0.05) is 19.1 Å². The highest BCUT2D eigenvalue weighted by Gasteiger charge is 2.33. The van der Waals surface area contributed by atoms with Gasteiger partial charge < -0.3 is 15.2 Å². The van der Waals surface area contributed by atoms with Gasteiger partial charge in [-0.3, -0.25) is 4.79 Å². The number of amides is 1. The summed E-state index contributed by atoms with van der Waals surface area (Å²) >= 11 is 0. The molecule has 1 heterocycles. The van der Waals surface area contributed by atoms with Gasteiger partial charge in [-0.15, -0.1) is 6.58 Å². The van der Waals surface area contributed by atoms with E-state index in [1.807, 2.05) is 13.0 Å². The molecule has 0 aromatic rings. The number of aliphatic hydroxyl groups excluding tert-OH is 1. The summed E-state index contributed by atoms with van der Waals surface area (Å²) in [5.41, 5.74) is 0. The molecule has 0 radical (unpaired) electrons. The molecule has 4 heteroatoms. The number of carbonyl (C=O) groups is 1. The SMILES string of the molecule is C=CC[C@@H]1O[C@H](C)[C@H](NC(=O)/C=C\C(C)O)C[C@@H]1C. The Morgan fingerprint density at radius 2 is 2.26 bits per heavy atom. The van der Waals surface area contributed by atoms with E-state index in [1.165, 1.54) is 12.2 Å². The molecular formula is C15H25NO3. The lowest BCUT2D eigenvalue weighted by Crippen LogP contribution is -2.50. The van der Waals surface area contributed by atoms with Gasteiger partial charge in [0.1, 0.15) is 0 Å². The Kier molecular flexibility index (Phi) is 6.25. The van der Waals surface area contributed by atoms with Crippen LogP contribution in [0.2, 0.25) is 0 Å². The van der Waals surface area contributed by atoms with Gasteiger partial charge in [0.05, 0.1) is 24.4 Å². The summed E-state index contributed by atoms with van der Waals surface area (Å²) in [6, 6.07) is 0.0159. The molecule has 0 saturated carbocycles. The van der Waals surface area contributed by atoms with Gasteiger partial charge in [-0.05, 0) is 32.6 Å².